The number of fused-ring (bicyclic) bond motifs is 2. The topological polar surface area (TPSA) is 39.7 Å². The average molecular weight is 259 g/mol. The van der Waals surface area contributed by atoms with Crippen molar-refractivity contribution in [1.29, 1.82) is 0 Å². The minimum Gasteiger partial charge on any atom is -0.486 e. The summed E-state index contributed by atoms with van der Waals surface area (Å²) in [5.74, 6) is 2.53. The second kappa shape index (κ2) is 4.17. The quantitative estimate of drug-likeness (QED) is 0.773. The Morgan fingerprint density at radius 1 is 0.947 bits per heavy atom. The Morgan fingerprint density at radius 3 is 2.47 bits per heavy atom. The highest BCUT2D eigenvalue weighted by Crippen LogP contribution is 2.42. The fourth-order valence-electron chi connectivity index (χ4n) is 2.92. The number of ether oxygens (including phenoxy) is 3. The normalized spacial score (nSPS) is 22.7. The van der Waals surface area contributed by atoms with E-state index in [1.54, 1.807) is 0 Å². The number of hydrogen-bond acceptors (Lipinski definition) is 4. The Labute approximate surface area is 112 Å². The molecule has 4 rings (SSSR count). The number of piperidine rings is 1. The van der Waals surface area contributed by atoms with Crippen molar-refractivity contribution >= 4 is 6.08 Å². The van der Waals surface area contributed by atoms with Crippen LogP contribution in [-0.2, 0) is 0 Å². The van der Waals surface area contributed by atoms with E-state index in [2.05, 4.69) is 17.5 Å². The minimum absolute atomic E-state index is 0.137. The maximum Gasteiger partial charge on any atom is 0.165 e. The molecule has 0 saturated carbocycles. The van der Waals surface area contributed by atoms with E-state index in [0.29, 0.717) is 13.2 Å². The van der Waals surface area contributed by atoms with E-state index < -0.39 is 0 Å². The third-order valence-electron chi connectivity index (χ3n) is 4.00. The van der Waals surface area contributed by atoms with Gasteiger partial charge < -0.3 is 19.5 Å². The van der Waals surface area contributed by atoms with Gasteiger partial charge >= 0.3 is 0 Å². The highest BCUT2D eigenvalue weighted by molar-refractivity contribution is 5.66. The summed E-state index contributed by atoms with van der Waals surface area (Å²) >= 11 is 0. The van der Waals surface area contributed by atoms with Crippen LogP contribution in [0.15, 0.2) is 18.2 Å². The van der Waals surface area contributed by atoms with Gasteiger partial charge in [0, 0.05) is 24.5 Å². The van der Waals surface area contributed by atoms with Gasteiger partial charge in [-0.05, 0) is 25.2 Å². The van der Waals surface area contributed by atoms with Crippen molar-refractivity contribution in [3.63, 3.8) is 0 Å². The van der Waals surface area contributed by atoms with Crippen molar-refractivity contribution in [2.45, 2.75) is 18.4 Å². The molecule has 0 aromatic heterocycles. The van der Waals surface area contributed by atoms with E-state index >= 15 is 0 Å². The molecule has 0 unspecified atom stereocenters. The van der Waals surface area contributed by atoms with Gasteiger partial charge in [-0.3, -0.25) is 0 Å². The van der Waals surface area contributed by atoms with Crippen LogP contribution in [0.2, 0.25) is 0 Å². The monoisotopic (exact) mass is 259 g/mol. The summed E-state index contributed by atoms with van der Waals surface area (Å²) in [6, 6.07) is 3.98. The van der Waals surface area contributed by atoms with Gasteiger partial charge in [0.2, 0.25) is 0 Å². The van der Waals surface area contributed by atoms with Crippen LogP contribution in [0.3, 0.4) is 0 Å². The molecule has 1 saturated heterocycles. The molecule has 1 spiro atoms. The lowest BCUT2D eigenvalue weighted by molar-refractivity contribution is 0.0811. The third-order valence-corrected chi connectivity index (χ3v) is 4.00. The molecule has 100 valence electrons. The zero-order valence-corrected chi connectivity index (χ0v) is 10.8. The molecule has 4 heteroatoms. The Hall–Kier alpha value is -1.68. The fraction of sp³-hybridized carbons (Fsp3) is 0.467. The second-order valence-electron chi connectivity index (χ2n) is 5.28. The molecule has 1 aromatic rings. The van der Waals surface area contributed by atoms with E-state index in [9.17, 15) is 0 Å². The lowest BCUT2D eigenvalue weighted by Gasteiger charge is -2.38. The molecule has 0 atom stereocenters. The van der Waals surface area contributed by atoms with E-state index in [-0.39, 0.29) is 5.60 Å². The Bertz CT molecular complexity index is 532. The van der Waals surface area contributed by atoms with Crippen molar-refractivity contribution in [3.05, 3.63) is 23.8 Å². The van der Waals surface area contributed by atoms with Crippen LogP contribution < -0.4 is 19.5 Å². The summed E-state index contributed by atoms with van der Waals surface area (Å²) in [7, 11) is 0. The van der Waals surface area contributed by atoms with Crippen molar-refractivity contribution in [2.24, 2.45) is 0 Å². The van der Waals surface area contributed by atoms with E-state index in [1.165, 1.54) is 0 Å². The van der Waals surface area contributed by atoms with Gasteiger partial charge in [-0.25, -0.2) is 0 Å². The maximum absolute atomic E-state index is 6.26. The molecule has 0 bridgehead atoms. The Morgan fingerprint density at radius 2 is 1.68 bits per heavy atom. The second-order valence-corrected chi connectivity index (χ2v) is 5.28. The zero-order valence-electron chi connectivity index (χ0n) is 10.8. The molecule has 3 aliphatic heterocycles. The standard InChI is InChI=1S/C15H17NO3/c1-2-15(3-5-16-6-4-15)19-12-10-14-13(9-11(1)12)17-7-8-18-14/h1-2,9-10,16H,3-8H2. The van der Waals surface area contributed by atoms with Gasteiger partial charge in [-0.2, -0.15) is 0 Å². The molecule has 1 aromatic carbocycles. The highest BCUT2D eigenvalue weighted by Gasteiger charge is 2.35. The molecule has 0 radical (unpaired) electrons. The minimum atomic E-state index is -0.137. The van der Waals surface area contributed by atoms with Gasteiger partial charge in [0.15, 0.2) is 11.5 Å². The number of rotatable bonds is 0. The first-order chi connectivity index (χ1) is 9.35. The molecule has 3 heterocycles. The van der Waals surface area contributed by atoms with Crippen molar-refractivity contribution in [1.82, 2.24) is 5.32 Å². The Balaban J connectivity index is 1.71. The third kappa shape index (κ3) is 1.87. The zero-order chi connectivity index (χ0) is 12.7. The lowest BCUT2D eigenvalue weighted by atomic mass is 9.89. The Kier molecular flexibility index (Phi) is 2.45. The van der Waals surface area contributed by atoms with E-state index in [4.69, 9.17) is 14.2 Å². The van der Waals surface area contributed by atoms with Crippen molar-refractivity contribution in [3.8, 4) is 17.2 Å². The predicted molar refractivity (Wildman–Crippen MR) is 71.9 cm³/mol. The van der Waals surface area contributed by atoms with Gasteiger partial charge in [-0.1, -0.05) is 6.08 Å². The number of hydrogen-bond donors (Lipinski definition) is 1. The maximum atomic E-state index is 6.26. The van der Waals surface area contributed by atoms with Crippen LogP contribution >= 0.6 is 0 Å². The summed E-state index contributed by atoms with van der Waals surface area (Å²) in [6.45, 7) is 3.23. The van der Waals surface area contributed by atoms with Crippen molar-refractivity contribution < 1.29 is 14.2 Å². The van der Waals surface area contributed by atoms with Gasteiger partial charge in [0.25, 0.3) is 0 Å². The fourth-order valence-corrected chi connectivity index (χ4v) is 2.92. The molecule has 0 aliphatic carbocycles. The SMILES string of the molecule is C1=CC2(CCNCC2)Oc2cc3c(cc21)OCCO3. The number of benzene rings is 1. The smallest absolute Gasteiger partial charge is 0.165 e. The van der Waals surface area contributed by atoms with Crippen LogP contribution in [0.1, 0.15) is 18.4 Å². The first-order valence-electron chi connectivity index (χ1n) is 6.87. The summed E-state index contributed by atoms with van der Waals surface area (Å²) < 4.78 is 17.5. The summed E-state index contributed by atoms with van der Waals surface area (Å²) in [6.07, 6.45) is 6.38. The van der Waals surface area contributed by atoms with Crippen LogP contribution in [0, 0.1) is 0 Å². The largest absolute Gasteiger partial charge is 0.486 e. The molecule has 1 N–H and O–H groups in total. The predicted octanol–water partition coefficient (Wildman–Crippen LogP) is 1.99. The summed E-state index contributed by atoms with van der Waals surface area (Å²) in [5.41, 5.74) is 0.940. The molecule has 4 nitrogen and oxygen atoms in total. The van der Waals surface area contributed by atoms with E-state index in [0.717, 1.165) is 48.7 Å². The molecule has 3 aliphatic rings. The van der Waals surface area contributed by atoms with Crippen LogP contribution in [-0.4, -0.2) is 31.9 Å². The van der Waals surface area contributed by atoms with Crippen LogP contribution in [0.5, 0.6) is 17.2 Å². The van der Waals surface area contributed by atoms with Gasteiger partial charge in [0.05, 0.1) is 0 Å². The first-order valence-corrected chi connectivity index (χ1v) is 6.87. The van der Waals surface area contributed by atoms with Crippen LogP contribution in [0.25, 0.3) is 6.08 Å². The van der Waals surface area contributed by atoms with Crippen LogP contribution in [0.4, 0.5) is 0 Å². The summed E-state index contributed by atoms with van der Waals surface area (Å²) in [4.78, 5) is 0. The highest BCUT2D eigenvalue weighted by atomic mass is 16.6. The molecule has 19 heavy (non-hydrogen) atoms. The molecule has 0 amide bonds. The first kappa shape index (κ1) is 11.2. The average Bonchev–Trinajstić information content (AvgIpc) is 2.46. The molecular weight excluding hydrogens is 242 g/mol. The molecular formula is C15H17NO3. The number of nitrogens with one attached hydrogen (secondary N) is 1. The van der Waals surface area contributed by atoms with Crippen molar-refractivity contribution in [2.75, 3.05) is 26.3 Å². The molecule has 1 fully saturated rings. The van der Waals surface area contributed by atoms with E-state index in [1.807, 2.05) is 12.1 Å². The van der Waals surface area contributed by atoms with Gasteiger partial charge in [0.1, 0.15) is 24.6 Å². The van der Waals surface area contributed by atoms with Gasteiger partial charge in [-0.15, -0.1) is 0 Å². The summed E-state index contributed by atoms with van der Waals surface area (Å²) in [5, 5.41) is 3.37. The lowest BCUT2D eigenvalue weighted by Crippen LogP contribution is -2.45.